The van der Waals surface area contributed by atoms with Crippen LogP contribution in [0.25, 0.3) is 0 Å². The van der Waals surface area contributed by atoms with Gasteiger partial charge in [-0.1, -0.05) is 0 Å². The molecule has 2 aliphatic rings. The summed E-state index contributed by atoms with van der Waals surface area (Å²) in [5.41, 5.74) is 0.797. The van der Waals surface area contributed by atoms with E-state index in [2.05, 4.69) is 6.08 Å². The van der Waals surface area contributed by atoms with Crippen molar-refractivity contribution in [3.05, 3.63) is 11.6 Å². The molecule has 0 saturated heterocycles. The molecule has 1 saturated carbocycles. The number of hydrogen-bond donors (Lipinski definition) is 1. The van der Waals surface area contributed by atoms with Crippen LogP contribution in [0.1, 0.15) is 44.9 Å². The molecule has 11 heavy (non-hydrogen) atoms. The van der Waals surface area contributed by atoms with E-state index < -0.39 is 5.60 Å². The lowest BCUT2D eigenvalue weighted by atomic mass is 9.74. The molecular weight excluding hydrogens is 136 g/mol. The third-order valence-electron chi connectivity index (χ3n) is 2.93. The molecule has 0 aliphatic heterocycles. The molecule has 0 radical (unpaired) electrons. The molecule has 1 nitrogen and oxygen atoms in total. The average Bonchev–Trinajstić information content (AvgIpc) is 2.03. The average molecular weight is 151 g/mol. The van der Waals surface area contributed by atoms with Crippen molar-refractivity contribution in [2.45, 2.75) is 50.5 Å². The third kappa shape index (κ3) is 1.19. The van der Waals surface area contributed by atoms with Crippen LogP contribution >= 0.6 is 0 Å². The fourth-order valence-electron chi connectivity index (χ4n) is 2.25. The van der Waals surface area contributed by atoms with Crippen LogP contribution < -0.4 is 0 Å². The van der Waals surface area contributed by atoms with Crippen molar-refractivity contribution >= 4 is 0 Å². The molecule has 2 aliphatic carbocycles. The molecule has 1 unspecified atom stereocenters. The molecule has 0 bridgehead atoms. The minimum atomic E-state index is -0.420. The van der Waals surface area contributed by atoms with Gasteiger partial charge in [0.15, 0.2) is 12.0 Å². The first-order valence-electron chi connectivity index (χ1n) is 4.64. The van der Waals surface area contributed by atoms with Crippen molar-refractivity contribution in [3.63, 3.8) is 0 Å². The molecule has 0 aromatic heterocycles. The zero-order valence-corrected chi connectivity index (χ0v) is 6.90. The van der Waals surface area contributed by atoms with E-state index in [1.54, 1.807) is 0 Å². The maximum atomic E-state index is 10.1. The van der Waals surface area contributed by atoms with Crippen molar-refractivity contribution < 1.29 is 5.11 Å². The van der Waals surface area contributed by atoms with Crippen LogP contribution in [0, 0.1) is 6.08 Å². The van der Waals surface area contributed by atoms with Gasteiger partial charge in [0.2, 0.25) is 6.08 Å². The van der Waals surface area contributed by atoms with Crippen LogP contribution in [0.15, 0.2) is 5.57 Å². The van der Waals surface area contributed by atoms with E-state index in [1.165, 1.54) is 18.4 Å². The molecule has 0 heterocycles. The topological polar surface area (TPSA) is 20.2 Å². The van der Waals surface area contributed by atoms with E-state index in [9.17, 15) is 5.11 Å². The molecule has 0 aromatic rings. The first kappa shape index (κ1) is 7.27. The second-order valence-corrected chi connectivity index (χ2v) is 3.75. The van der Waals surface area contributed by atoms with Crippen molar-refractivity contribution in [2.24, 2.45) is 0 Å². The van der Waals surface area contributed by atoms with Crippen LogP contribution in [0.5, 0.6) is 0 Å². The summed E-state index contributed by atoms with van der Waals surface area (Å²) in [6.45, 7) is 0. The largest absolute Gasteiger partial charge is 0.381 e. The summed E-state index contributed by atoms with van der Waals surface area (Å²) in [5.74, 6) is 0. The van der Waals surface area contributed by atoms with E-state index in [0.717, 1.165) is 32.1 Å². The molecule has 1 atom stereocenters. The van der Waals surface area contributed by atoms with Gasteiger partial charge in [0, 0.05) is 12.8 Å². The van der Waals surface area contributed by atoms with E-state index in [-0.39, 0.29) is 0 Å². The van der Waals surface area contributed by atoms with Crippen molar-refractivity contribution in [1.82, 2.24) is 0 Å². The van der Waals surface area contributed by atoms with Crippen molar-refractivity contribution in [2.75, 3.05) is 0 Å². The molecule has 0 aromatic carbocycles. The van der Waals surface area contributed by atoms with Gasteiger partial charge < -0.3 is 5.11 Å². The van der Waals surface area contributed by atoms with Gasteiger partial charge in [-0.2, -0.15) is 0 Å². The van der Waals surface area contributed by atoms with Gasteiger partial charge >= 0.3 is 0 Å². The van der Waals surface area contributed by atoms with Crippen LogP contribution in [-0.2, 0) is 0 Å². The lowest BCUT2D eigenvalue weighted by molar-refractivity contribution is 0.0348. The van der Waals surface area contributed by atoms with Crippen molar-refractivity contribution in [3.8, 4) is 0 Å². The number of fused-ring (bicyclic) bond motifs is 1. The van der Waals surface area contributed by atoms with E-state index in [4.69, 9.17) is 0 Å². The summed E-state index contributed by atoms with van der Waals surface area (Å²) < 4.78 is 0. The van der Waals surface area contributed by atoms with Gasteiger partial charge in [0.1, 0.15) is 5.60 Å². The quantitative estimate of drug-likeness (QED) is 0.526. The Balaban J connectivity index is 2.22. The van der Waals surface area contributed by atoms with Crippen LogP contribution in [-0.4, -0.2) is 10.7 Å². The molecular formula is C10H15O+. The lowest BCUT2D eigenvalue weighted by Gasteiger charge is -2.30. The highest BCUT2D eigenvalue weighted by molar-refractivity contribution is 5.18. The van der Waals surface area contributed by atoms with Crippen LogP contribution in [0.3, 0.4) is 0 Å². The standard InChI is InChI=1S/C10H15O/c11-10-7-3-1-5-9(10)6-2-4-8-10/h11H,1-5,7-8H2/q+1. The fourth-order valence-corrected chi connectivity index (χ4v) is 2.25. The molecule has 1 heteroatoms. The first-order chi connectivity index (χ1) is 5.31. The highest BCUT2D eigenvalue weighted by atomic mass is 16.3. The summed E-state index contributed by atoms with van der Waals surface area (Å²) in [7, 11) is 0. The molecule has 0 amide bonds. The Bertz CT molecular complexity index is 183. The van der Waals surface area contributed by atoms with E-state index in [0.29, 0.717) is 0 Å². The smallest absolute Gasteiger partial charge is 0.224 e. The monoisotopic (exact) mass is 151 g/mol. The number of allylic oxidation sites excluding steroid dienone is 1. The Kier molecular flexibility index (Phi) is 1.71. The maximum absolute atomic E-state index is 10.1. The summed E-state index contributed by atoms with van der Waals surface area (Å²) >= 11 is 0. The van der Waals surface area contributed by atoms with Crippen LogP contribution in [0.2, 0.25) is 0 Å². The predicted molar refractivity (Wildman–Crippen MR) is 44.0 cm³/mol. The zero-order valence-electron chi connectivity index (χ0n) is 6.90. The maximum Gasteiger partial charge on any atom is 0.224 e. The fraction of sp³-hybridized carbons (Fsp3) is 0.800. The Morgan fingerprint density at radius 3 is 2.82 bits per heavy atom. The van der Waals surface area contributed by atoms with Gasteiger partial charge in [0.25, 0.3) is 0 Å². The second kappa shape index (κ2) is 2.58. The highest BCUT2D eigenvalue weighted by Gasteiger charge is 2.42. The van der Waals surface area contributed by atoms with Gasteiger partial charge in [-0.05, 0) is 25.7 Å². The van der Waals surface area contributed by atoms with Crippen molar-refractivity contribution in [1.29, 1.82) is 0 Å². The number of rotatable bonds is 0. The van der Waals surface area contributed by atoms with Gasteiger partial charge in [-0.15, -0.1) is 0 Å². The second-order valence-electron chi connectivity index (χ2n) is 3.75. The summed E-state index contributed by atoms with van der Waals surface area (Å²) in [6.07, 6.45) is 11.0. The molecule has 1 N–H and O–H groups in total. The summed E-state index contributed by atoms with van der Waals surface area (Å²) in [6, 6.07) is 0. The van der Waals surface area contributed by atoms with Gasteiger partial charge in [0.05, 0.1) is 0 Å². The third-order valence-corrected chi connectivity index (χ3v) is 2.93. The lowest BCUT2D eigenvalue weighted by Crippen LogP contribution is -2.35. The molecule has 60 valence electrons. The zero-order chi connectivity index (χ0) is 7.73. The van der Waals surface area contributed by atoms with Gasteiger partial charge in [-0.25, -0.2) is 0 Å². The minimum absolute atomic E-state index is 0.420. The van der Waals surface area contributed by atoms with E-state index >= 15 is 0 Å². The van der Waals surface area contributed by atoms with Gasteiger partial charge in [-0.3, -0.25) is 0 Å². The van der Waals surface area contributed by atoms with Crippen LogP contribution in [0.4, 0.5) is 0 Å². The Morgan fingerprint density at radius 1 is 1.18 bits per heavy atom. The minimum Gasteiger partial charge on any atom is -0.381 e. The molecule has 2 rings (SSSR count). The Labute approximate surface area is 68.1 Å². The first-order valence-corrected chi connectivity index (χ1v) is 4.64. The molecule has 0 spiro atoms. The summed E-state index contributed by atoms with van der Waals surface area (Å²) in [4.78, 5) is 0. The predicted octanol–water partition coefficient (Wildman–Crippen LogP) is 2.20. The highest BCUT2D eigenvalue weighted by Crippen LogP contribution is 2.39. The summed E-state index contributed by atoms with van der Waals surface area (Å²) in [5, 5.41) is 10.1. The Hall–Kier alpha value is -0.390. The normalized spacial score (nSPS) is 37.0. The molecule has 1 fully saturated rings. The Morgan fingerprint density at radius 2 is 2.00 bits per heavy atom. The number of aliphatic hydroxyl groups is 1. The SMILES string of the molecule is OC12CCC[C+]=C1CCCC2. The number of hydrogen-bond acceptors (Lipinski definition) is 1. The van der Waals surface area contributed by atoms with E-state index in [1.807, 2.05) is 0 Å².